The van der Waals surface area contributed by atoms with E-state index >= 15 is 0 Å². The lowest BCUT2D eigenvalue weighted by Gasteiger charge is -2.22. The highest BCUT2D eigenvalue weighted by Crippen LogP contribution is 2.21. The molecule has 124 valence electrons. The normalized spacial score (nSPS) is 24.7. The number of hydrogen-bond acceptors (Lipinski definition) is 5. The third kappa shape index (κ3) is 4.28. The van der Waals surface area contributed by atoms with Gasteiger partial charge < -0.3 is 14.4 Å². The number of ether oxygens (including phenoxy) is 2. The van der Waals surface area contributed by atoms with Crippen molar-refractivity contribution in [2.24, 2.45) is 5.92 Å². The van der Waals surface area contributed by atoms with Crippen molar-refractivity contribution in [1.82, 2.24) is 9.88 Å². The van der Waals surface area contributed by atoms with E-state index in [-0.39, 0.29) is 30.3 Å². The fourth-order valence-electron chi connectivity index (χ4n) is 3.00. The summed E-state index contributed by atoms with van der Waals surface area (Å²) in [5.41, 5.74) is 0.825. The topological polar surface area (TPSA) is 68.7 Å². The summed E-state index contributed by atoms with van der Waals surface area (Å²) in [6.45, 7) is 1.88. The first-order chi connectivity index (χ1) is 11.2. The highest BCUT2D eigenvalue weighted by molar-refractivity contribution is 5.86. The van der Waals surface area contributed by atoms with E-state index in [1.807, 2.05) is 18.2 Å². The minimum atomic E-state index is -0.380. The molecule has 0 saturated carbocycles. The van der Waals surface area contributed by atoms with Gasteiger partial charge in [0, 0.05) is 25.8 Å². The van der Waals surface area contributed by atoms with Crippen LogP contribution in [-0.4, -0.2) is 47.6 Å². The fraction of sp³-hybridized carbons (Fsp3) is 0.588. The highest BCUT2D eigenvalue weighted by Gasteiger charge is 2.35. The molecular weight excluding hydrogens is 296 g/mol. The van der Waals surface area contributed by atoms with Crippen LogP contribution in [-0.2, 0) is 25.6 Å². The lowest BCUT2D eigenvalue weighted by molar-refractivity contribution is -0.153. The van der Waals surface area contributed by atoms with Crippen molar-refractivity contribution in [1.29, 1.82) is 0 Å². The molecule has 0 aromatic carbocycles. The summed E-state index contributed by atoms with van der Waals surface area (Å²) in [6.07, 6.45) is 5.05. The summed E-state index contributed by atoms with van der Waals surface area (Å²) in [5, 5.41) is 0. The molecule has 0 N–H and O–H groups in total. The van der Waals surface area contributed by atoms with Crippen molar-refractivity contribution >= 4 is 11.9 Å². The minimum Gasteiger partial charge on any atom is -0.463 e. The molecule has 1 aromatic rings. The number of rotatable bonds is 5. The Bertz CT molecular complexity index is 543. The van der Waals surface area contributed by atoms with Crippen LogP contribution in [0.1, 0.15) is 31.4 Å². The van der Waals surface area contributed by atoms with E-state index in [0.29, 0.717) is 19.7 Å². The third-order valence-electron chi connectivity index (χ3n) is 4.31. The molecule has 0 spiro atoms. The van der Waals surface area contributed by atoms with Gasteiger partial charge in [-0.05, 0) is 31.4 Å². The summed E-state index contributed by atoms with van der Waals surface area (Å²) >= 11 is 0. The zero-order valence-electron chi connectivity index (χ0n) is 13.1. The number of aromatic nitrogens is 1. The maximum atomic E-state index is 12.2. The van der Waals surface area contributed by atoms with Crippen LogP contribution in [0.15, 0.2) is 24.4 Å². The largest absolute Gasteiger partial charge is 0.463 e. The number of likely N-dealkylation sites (tertiary alicyclic amines) is 1. The van der Waals surface area contributed by atoms with E-state index in [9.17, 15) is 9.59 Å². The Morgan fingerprint density at radius 1 is 1.39 bits per heavy atom. The molecule has 2 saturated heterocycles. The summed E-state index contributed by atoms with van der Waals surface area (Å²) in [6, 6.07) is 5.60. The van der Waals surface area contributed by atoms with Gasteiger partial charge in [-0.15, -0.1) is 0 Å². The number of hydrogen-bond donors (Lipinski definition) is 0. The van der Waals surface area contributed by atoms with Gasteiger partial charge in [0.05, 0.1) is 24.3 Å². The Kier molecular flexibility index (Phi) is 5.23. The van der Waals surface area contributed by atoms with Crippen molar-refractivity contribution < 1.29 is 19.1 Å². The molecular formula is C17H22N2O4. The van der Waals surface area contributed by atoms with Crippen molar-refractivity contribution in [2.45, 2.75) is 38.3 Å². The van der Waals surface area contributed by atoms with Gasteiger partial charge in [-0.3, -0.25) is 14.6 Å². The predicted octanol–water partition coefficient (Wildman–Crippen LogP) is 1.54. The van der Waals surface area contributed by atoms with Crippen LogP contribution in [0.3, 0.4) is 0 Å². The first-order valence-corrected chi connectivity index (χ1v) is 8.18. The average Bonchev–Trinajstić information content (AvgIpc) is 2.95. The van der Waals surface area contributed by atoms with Crippen molar-refractivity contribution in [3.05, 3.63) is 30.1 Å². The van der Waals surface area contributed by atoms with E-state index in [2.05, 4.69) is 4.98 Å². The monoisotopic (exact) mass is 318 g/mol. The molecule has 6 heteroatoms. The van der Waals surface area contributed by atoms with Crippen LogP contribution in [0.5, 0.6) is 0 Å². The lowest BCUT2D eigenvalue weighted by atomic mass is 10.1. The third-order valence-corrected chi connectivity index (χ3v) is 4.31. The molecule has 2 fully saturated rings. The van der Waals surface area contributed by atoms with Gasteiger partial charge in [-0.2, -0.15) is 0 Å². The van der Waals surface area contributed by atoms with Crippen LogP contribution in [0.2, 0.25) is 0 Å². The summed E-state index contributed by atoms with van der Waals surface area (Å²) in [5.74, 6) is -0.697. The smallest absolute Gasteiger partial charge is 0.311 e. The first-order valence-electron chi connectivity index (χ1n) is 8.18. The summed E-state index contributed by atoms with van der Waals surface area (Å²) < 4.78 is 10.9. The standard InChI is InChI=1S/C17H22N2O4/c20-16-9-13(10-19(16)11-14-5-1-3-7-18-14)17(21)23-12-15-6-2-4-8-22-15/h1,3,5,7,13,15H,2,4,6,8-12H2/t13-,15-/m0/s1. The van der Waals surface area contributed by atoms with Gasteiger partial charge in [0.1, 0.15) is 6.61 Å². The summed E-state index contributed by atoms with van der Waals surface area (Å²) in [7, 11) is 0. The quantitative estimate of drug-likeness (QED) is 0.770. The van der Waals surface area contributed by atoms with Gasteiger partial charge >= 0.3 is 5.97 Å². The second-order valence-electron chi connectivity index (χ2n) is 6.12. The van der Waals surface area contributed by atoms with Crippen molar-refractivity contribution in [2.75, 3.05) is 19.8 Å². The summed E-state index contributed by atoms with van der Waals surface area (Å²) in [4.78, 5) is 30.1. The maximum absolute atomic E-state index is 12.2. The van der Waals surface area contributed by atoms with Gasteiger partial charge in [-0.25, -0.2) is 0 Å². The van der Waals surface area contributed by atoms with Gasteiger partial charge in [0.15, 0.2) is 0 Å². The van der Waals surface area contributed by atoms with Crippen LogP contribution < -0.4 is 0 Å². The zero-order valence-corrected chi connectivity index (χ0v) is 13.1. The van der Waals surface area contributed by atoms with Crippen LogP contribution in [0.4, 0.5) is 0 Å². The van der Waals surface area contributed by atoms with Crippen LogP contribution >= 0.6 is 0 Å². The van der Waals surface area contributed by atoms with Crippen molar-refractivity contribution in [3.8, 4) is 0 Å². The Hall–Kier alpha value is -1.95. The number of carbonyl (C=O) groups excluding carboxylic acids is 2. The molecule has 2 aliphatic rings. The minimum absolute atomic E-state index is 0.00873. The van der Waals surface area contributed by atoms with E-state index in [1.54, 1.807) is 11.1 Å². The SMILES string of the molecule is O=C(OC[C@@H]1CCCCO1)[C@H]1CC(=O)N(Cc2ccccn2)C1. The fourth-order valence-corrected chi connectivity index (χ4v) is 3.00. The first kappa shape index (κ1) is 15.9. The molecule has 3 heterocycles. The zero-order chi connectivity index (χ0) is 16.1. The number of nitrogens with zero attached hydrogens (tertiary/aromatic N) is 2. The molecule has 3 rings (SSSR count). The number of amides is 1. The second-order valence-corrected chi connectivity index (χ2v) is 6.12. The van der Waals surface area contributed by atoms with E-state index < -0.39 is 0 Å². The molecule has 0 bridgehead atoms. The molecule has 6 nitrogen and oxygen atoms in total. The van der Waals surface area contributed by atoms with Gasteiger partial charge in [0.25, 0.3) is 0 Å². The van der Waals surface area contributed by atoms with E-state index in [4.69, 9.17) is 9.47 Å². The molecule has 0 unspecified atom stereocenters. The van der Waals surface area contributed by atoms with Gasteiger partial charge in [-0.1, -0.05) is 6.07 Å². The molecule has 2 aliphatic heterocycles. The van der Waals surface area contributed by atoms with Crippen molar-refractivity contribution in [3.63, 3.8) is 0 Å². The average molecular weight is 318 g/mol. The molecule has 1 aromatic heterocycles. The Labute approximate surface area is 135 Å². The maximum Gasteiger partial charge on any atom is 0.311 e. The van der Waals surface area contributed by atoms with Crippen LogP contribution in [0.25, 0.3) is 0 Å². The Morgan fingerprint density at radius 2 is 2.30 bits per heavy atom. The number of carbonyl (C=O) groups is 2. The van der Waals surface area contributed by atoms with E-state index in [1.165, 1.54) is 0 Å². The second kappa shape index (κ2) is 7.55. The molecule has 0 radical (unpaired) electrons. The van der Waals surface area contributed by atoms with Crippen LogP contribution in [0, 0.1) is 5.92 Å². The number of pyridine rings is 1. The van der Waals surface area contributed by atoms with E-state index in [0.717, 1.165) is 31.6 Å². The highest BCUT2D eigenvalue weighted by atomic mass is 16.6. The predicted molar refractivity (Wildman–Crippen MR) is 82.3 cm³/mol. The lowest BCUT2D eigenvalue weighted by Crippen LogP contribution is -2.29. The Balaban J connectivity index is 1.47. The molecule has 1 amide bonds. The Morgan fingerprint density at radius 3 is 3.04 bits per heavy atom. The molecule has 0 aliphatic carbocycles. The number of esters is 1. The molecule has 2 atom stereocenters. The van der Waals surface area contributed by atoms with Gasteiger partial charge in [0.2, 0.25) is 5.91 Å². The molecule has 23 heavy (non-hydrogen) atoms.